The number of hydrogen-bond acceptors (Lipinski definition) is 7. The fourth-order valence-electron chi connectivity index (χ4n) is 3.81. The van der Waals surface area contributed by atoms with Gasteiger partial charge in [-0.25, -0.2) is 9.48 Å². The molecule has 0 aromatic heterocycles. The first-order chi connectivity index (χ1) is 14.0. The van der Waals surface area contributed by atoms with Crippen LogP contribution in [0.3, 0.4) is 0 Å². The minimum absolute atomic E-state index is 0.0421. The van der Waals surface area contributed by atoms with Crippen LogP contribution < -0.4 is 14.4 Å². The van der Waals surface area contributed by atoms with Gasteiger partial charge in [0.25, 0.3) is 11.4 Å². The summed E-state index contributed by atoms with van der Waals surface area (Å²) in [6.07, 6.45) is 0.911. The van der Waals surface area contributed by atoms with Crippen molar-refractivity contribution in [3.8, 4) is 11.5 Å². The number of hydrogen-bond donors (Lipinski definition) is 1. The van der Waals surface area contributed by atoms with E-state index >= 15 is 0 Å². The van der Waals surface area contributed by atoms with E-state index in [1.165, 1.54) is 12.1 Å². The van der Waals surface area contributed by atoms with Gasteiger partial charge in [-0.1, -0.05) is 12.1 Å². The predicted molar refractivity (Wildman–Crippen MR) is 111 cm³/mol. The third-order valence-electron chi connectivity index (χ3n) is 5.24. The second-order valence-electron chi connectivity index (χ2n) is 6.88. The summed E-state index contributed by atoms with van der Waals surface area (Å²) in [7, 11) is 3.20. The standard InChI is InChI=1S/C20H22N3O5S/c1-27-16-7-8-18(28-2)17(12-16)21-13-20(24,22-9-4-10-29-19(21)22)14-5-3-6-15(11-14)23(25)26/h3,5-8,11-12,24H,4,9-10,13H2,1-2H3/q+1/t20-/m1/s1. The predicted octanol–water partition coefficient (Wildman–Crippen LogP) is 2.78. The summed E-state index contributed by atoms with van der Waals surface area (Å²) in [5, 5.41) is 23.9. The summed E-state index contributed by atoms with van der Waals surface area (Å²) in [6, 6.07) is 11.7. The highest BCUT2D eigenvalue weighted by Gasteiger charge is 2.54. The highest BCUT2D eigenvalue weighted by Crippen LogP contribution is 2.42. The molecule has 0 unspecified atom stereocenters. The lowest BCUT2D eigenvalue weighted by Gasteiger charge is -2.24. The monoisotopic (exact) mass is 416 g/mol. The Balaban J connectivity index is 1.84. The minimum atomic E-state index is -1.39. The summed E-state index contributed by atoms with van der Waals surface area (Å²) in [5.41, 5.74) is -0.152. The first-order valence-corrected chi connectivity index (χ1v) is 10.2. The first kappa shape index (κ1) is 19.5. The van der Waals surface area contributed by atoms with Gasteiger partial charge < -0.3 is 14.6 Å². The smallest absolute Gasteiger partial charge is 0.316 e. The SMILES string of the molecule is COc1ccc(OC)c(N2C[C@@](O)(c3cccc([N+](=O)[O-])c3)[N+]3=C2SCCC3)c1. The lowest BCUT2D eigenvalue weighted by molar-refractivity contribution is -0.656. The van der Waals surface area contributed by atoms with Gasteiger partial charge in [-0.3, -0.25) is 10.1 Å². The molecule has 2 aromatic rings. The lowest BCUT2D eigenvalue weighted by Crippen LogP contribution is -2.41. The Morgan fingerprint density at radius 1 is 1.24 bits per heavy atom. The average molecular weight is 416 g/mol. The van der Waals surface area contributed by atoms with E-state index in [9.17, 15) is 15.2 Å². The van der Waals surface area contributed by atoms with E-state index in [1.54, 1.807) is 38.1 Å². The van der Waals surface area contributed by atoms with Crippen molar-refractivity contribution in [1.29, 1.82) is 0 Å². The topological polar surface area (TPSA) is 88.1 Å². The third kappa shape index (κ3) is 3.30. The van der Waals surface area contributed by atoms with Crippen LogP contribution in [0.5, 0.6) is 11.5 Å². The summed E-state index contributed by atoms with van der Waals surface area (Å²) in [6.45, 7) is 0.879. The van der Waals surface area contributed by atoms with Gasteiger partial charge in [0.2, 0.25) is 0 Å². The first-order valence-electron chi connectivity index (χ1n) is 9.22. The van der Waals surface area contributed by atoms with Gasteiger partial charge in [-0.15, -0.1) is 0 Å². The molecule has 2 aromatic carbocycles. The van der Waals surface area contributed by atoms with Crippen LogP contribution in [0, 0.1) is 10.1 Å². The summed E-state index contributed by atoms with van der Waals surface area (Å²) >= 11 is 1.66. The fraction of sp³-hybridized carbons (Fsp3) is 0.350. The molecule has 0 saturated carbocycles. The molecule has 0 bridgehead atoms. The Bertz CT molecular complexity index is 996. The molecule has 0 amide bonds. The minimum Gasteiger partial charge on any atom is -0.497 e. The van der Waals surface area contributed by atoms with Gasteiger partial charge in [0, 0.05) is 29.5 Å². The summed E-state index contributed by atoms with van der Waals surface area (Å²) in [5.74, 6) is 2.27. The maximum Gasteiger partial charge on any atom is 0.316 e. The molecule has 9 heteroatoms. The van der Waals surface area contributed by atoms with Crippen LogP contribution in [0.2, 0.25) is 0 Å². The number of benzene rings is 2. The van der Waals surface area contributed by atoms with Crippen molar-refractivity contribution in [1.82, 2.24) is 0 Å². The van der Waals surface area contributed by atoms with E-state index in [2.05, 4.69) is 0 Å². The quantitative estimate of drug-likeness (QED) is 0.455. The van der Waals surface area contributed by atoms with Crippen LogP contribution in [-0.2, 0) is 5.72 Å². The van der Waals surface area contributed by atoms with Crippen molar-refractivity contribution < 1.29 is 24.1 Å². The van der Waals surface area contributed by atoms with Crippen LogP contribution >= 0.6 is 11.8 Å². The number of nitro benzene ring substituents is 1. The second-order valence-corrected chi connectivity index (χ2v) is 7.95. The van der Waals surface area contributed by atoms with Gasteiger partial charge in [0.15, 0.2) is 18.0 Å². The zero-order chi connectivity index (χ0) is 20.6. The van der Waals surface area contributed by atoms with Crippen LogP contribution in [-0.4, -0.2) is 52.8 Å². The van der Waals surface area contributed by atoms with E-state index in [0.717, 1.165) is 23.0 Å². The number of aliphatic hydroxyl groups is 1. The van der Waals surface area contributed by atoms with Crippen molar-refractivity contribution in [3.05, 3.63) is 58.1 Å². The highest BCUT2D eigenvalue weighted by atomic mass is 32.2. The van der Waals surface area contributed by atoms with Crippen molar-refractivity contribution in [2.45, 2.75) is 12.1 Å². The molecule has 0 spiro atoms. The molecule has 0 saturated heterocycles. The second kappa shape index (κ2) is 7.57. The molecule has 8 nitrogen and oxygen atoms in total. The number of non-ortho nitro benzene ring substituents is 1. The Morgan fingerprint density at radius 3 is 2.79 bits per heavy atom. The van der Waals surface area contributed by atoms with E-state index in [-0.39, 0.29) is 12.2 Å². The van der Waals surface area contributed by atoms with E-state index in [0.29, 0.717) is 23.6 Å². The molecular formula is C20H22N3O5S+. The van der Waals surface area contributed by atoms with Crippen molar-refractivity contribution in [2.75, 3.05) is 38.0 Å². The molecule has 1 atom stereocenters. The van der Waals surface area contributed by atoms with Gasteiger partial charge in [-0.2, -0.15) is 0 Å². The Morgan fingerprint density at radius 2 is 2.07 bits per heavy atom. The number of nitrogens with zero attached hydrogens (tertiary/aromatic N) is 3. The molecular weight excluding hydrogens is 394 g/mol. The molecule has 0 fully saturated rings. The van der Waals surface area contributed by atoms with Gasteiger partial charge in [-0.05, 0) is 30.3 Å². The van der Waals surface area contributed by atoms with Crippen molar-refractivity contribution >= 4 is 28.3 Å². The number of rotatable bonds is 5. The molecule has 1 N–H and O–H groups in total. The maximum atomic E-state index is 11.7. The zero-order valence-corrected chi connectivity index (χ0v) is 17.0. The van der Waals surface area contributed by atoms with Crippen LogP contribution in [0.4, 0.5) is 11.4 Å². The Labute approximate surface area is 172 Å². The normalized spacial score (nSPS) is 21.1. The third-order valence-corrected chi connectivity index (χ3v) is 6.43. The molecule has 29 heavy (non-hydrogen) atoms. The van der Waals surface area contributed by atoms with Crippen LogP contribution in [0.25, 0.3) is 0 Å². The molecule has 0 aliphatic carbocycles. The molecule has 2 aliphatic heterocycles. The molecule has 4 rings (SSSR count). The fourth-order valence-corrected chi connectivity index (χ4v) is 4.98. The number of anilines is 1. The molecule has 2 aliphatic rings. The highest BCUT2D eigenvalue weighted by molar-refractivity contribution is 8.13. The number of methoxy groups -OCH3 is 2. The van der Waals surface area contributed by atoms with Gasteiger partial charge in [0.1, 0.15) is 5.75 Å². The number of nitro groups is 1. The lowest BCUT2D eigenvalue weighted by atomic mass is 10.0. The van der Waals surface area contributed by atoms with Gasteiger partial charge >= 0.3 is 5.17 Å². The van der Waals surface area contributed by atoms with E-state index in [4.69, 9.17) is 9.47 Å². The largest absolute Gasteiger partial charge is 0.497 e. The number of ether oxygens (including phenoxy) is 2. The van der Waals surface area contributed by atoms with Crippen molar-refractivity contribution in [2.24, 2.45) is 0 Å². The summed E-state index contributed by atoms with van der Waals surface area (Å²) < 4.78 is 12.9. The van der Waals surface area contributed by atoms with Gasteiger partial charge in [0.05, 0.1) is 25.7 Å². The van der Waals surface area contributed by atoms with Crippen molar-refractivity contribution in [3.63, 3.8) is 0 Å². The maximum absolute atomic E-state index is 11.7. The molecule has 0 radical (unpaired) electrons. The van der Waals surface area contributed by atoms with Crippen LogP contribution in [0.15, 0.2) is 42.5 Å². The number of amidine groups is 1. The van der Waals surface area contributed by atoms with E-state index < -0.39 is 10.6 Å². The number of thioether (sulfide) groups is 1. The van der Waals surface area contributed by atoms with E-state index in [1.807, 2.05) is 27.7 Å². The zero-order valence-electron chi connectivity index (χ0n) is 16.2. The van der Waals surface area contributed by atoms with Crippen LogP contribution in [0.1, 0.15) is 12.0 Å². The Hall–Kier alpha value is -2.78. The average Bonchev–Trinajstić information content (AvgIpc) is 3.07. The number of β-amino-alcohol motifs (C(OH)–C–C–N with tert-alkyl or cyclic N) is 1. The Kier molecular flexibility index (Phi) is 5.10. The summed E-state index contributed by atoms with van der Waals surface area (Å²) in [4.78, 5) is 12.8. The molecule has 2 heterocycles. The molecule has 152 valence electrons.